The number of likely N-dealkylation sites (tertiary alicyclic amines) is 1. The zero-order valence-electron chi connectivity index (χ0n) is 32.6. The Hall–Kier alpha value is -3.06. The van der Waals surface area contributed by atoms with Crippen LogP contribution in [-0.2, 0) is 28.7 Å². The van der Waals surface area contributed by atoms with Crippen molar-refractivity contribution in [3.05, 3.63) is 35.9 Å². The molecule has 1 aromatic carbocycles. The molecule has 51 heavy (non-hydrogen) atoms. The van der Waals surface area contributed by atoms with E-state index in [1.54, 1.807) is 44.9 Å². The van der Waals surface area contributed by atoms with Gasteiger partial charge >= 0.3 is 0 Å². The molecule has 1 unspecified atom stereocenters. The summed E-state index contributed by atoms with van der Waals surface area (Å²) in [5.74, 6) is -1.56. The number of rotatable bonds is 18. The summed E-state index contributed by atoms with van der Waals surface area (Å²) in [6.07, 6.45) is 1.79. The van der Waals surface area contributed by atoms with E-state index >= 15 is 0 Å². The van der Waals surface area contributed by atoms with Gasteiger partial charge in [0.05, 0.1) is 54.3 Å². The molecule has 2 aliphatic rings. The van der Waals surface area contributed by atoms with E-state index in [4.69, 9.17) is 9.47 Å². The number of nitrogens with one attached hydrogen (secondary N) is 3. The Morgan fingerprint density at radius 1 is 1.04 bits per heavy atom. The smallest absolute Gasteiger partial charge is 0.245 e. The molecule has 0 radical (unpaired) electrons. The van der Waals surface area contributed by atoms with E-state index in [1.807, 2.05) is 65.0 Å². The van der Waals surface area contributed by atoms with Gasteiger partial charge in [-0.2, -0.15) is 0 Å². The van der Waals surface area contributed by atoms with Gasteiger partial charge in [0.15, 0.2) is 0 Å². The molecule has 12 nitrogen and oxygen atoms in total. The SMILES string of the molecule is CC[C@H](C)[C@@H]([C@@H](CC(=O)N1CCC[C@H]1[C@H](OC)[C@@H](C)C(=O)N[C@H](C)C(O)c1ccccc1)OC)N(C)C(=O)[C@@H](NC(=O)[C@]1(C)CCCN1)C(C)C. The molecule has 0 saturated carbocycles. The first-order valence-corrected chi connectivity index (χ1v) is 18.8. The number of amides is 4. The lowest BCUT2D eigenvalue weighted by molar-refractivity contribution is -0.148. The molecule has 3 rings (SSSR count). The lowest BCUT2D eigenvalue weighted by Crippen LogP contribution is -2.61. The normalized spacial score (nSPS) is 23.8. The van der Waals surface area contributed by atoms with Crippen molar-refractivity contribution in [1.29, 1.82) is 0 Å². The molecule has 4 N–H and O–H groups in total. The first-order chi connectivity index (χ1) is 24.1. The lowest BCUT2D eigenvalue weighted by atomic mass is 9.89. The third kappa shape index (κ3) is 10.3. The van der Waals surface area contributed by atoms with Gasteiger partial charge in [-0.1, -0.05) is 71.4 Å². The minimum atomic E-state index is -0.873. The molecule has 12 heteroatoms. The summed E-state index contributed by atoms with van der Waals surface area (Å²) in [7, 11) is 4.86. The molecule has 0 spiro atoms. The quantitative estimate of drug-likeness (QED) is 0.181. The van der Waals surface area contributed by atoms with Crippen LogP contribution in [0.3, 0.4) is 0 Å². The number of carbonyl (C=O) groups is 4. The number of nitrogens with zero attached hydrogens (tertiary/aromatic N) is 2. The van der Waals surface area contributed by atoms with Gasteiger partial charge in [-0.25, -0.2) is 0 Å². The Morgan fingerprint density at radius 3 is 2.25 bits per heavy atom. The maximum atomic E-state index is 14.2. The van der Waals surface area contributed by atoms with Gasteiger partial charge in [0.2, 0.25) is 23.6 Å². The van der Waals surface area contributed by atoms with Crippen molar-refractivity contribution in [2.24, 2.45) is 17.8 Å². The highest BCUT2D eigenvalue weighted by molar-refractivity contribution is 5.92. The highest BCUT2D eigenvalue weighted by Crippen LogP contribution is 2.30. The lowest BCUT2D eigenvalue weighted by Gasteiger charge is -2.41. The number of hydrogen-bond acceptors (Lipinski definition) is 8. The fourth-order valence-electron chi connectivity index (χ4n) is 7.80. The first-order valence-electron chi connectivity index (χ1n) is 18.8. The topological polar surface area (TPSA) is 150 Å². The predicted octanol–water partition coefficient (Wildman–Crippen LogP) is 3.43. The van der Waals surface area contributed by atoms with Gasteiger partial charge < -0.3 is 40.3 Å². The fourth-order valence-corrected chi connectivity index (χ4v) is 7.80. The molecule has 0 aromatic heterocycles. The number of aliphatic hydroxyl groups excluding tert-OH is 1. The third-order valence-electron chi connectivity index (χ3n) is 11.3. The fraction of sp³-hybridized carbons (Fsp3) is 0.744. The Kier molecular flexibility index (Phi) is 15.9. The number of benzene rings is 1. The second-order valence-corrected chi connectivity index (χ2v) is 15.3. The van der Waals surface area contributed by atoms with Crippen LogP contribution in [0.4, 0.5) is 0 Å². The second kappa shape index (κ2) is 19.1. The van der Waals surface area contributed by atoms with Crippen molar-refractivity contribution in [1.82, 2.24) is 25.8 Å². The van der Waals surface area contributed by atoms with Gasteiger partial charge in [-0.15, -0.1) is 0 Å². The Balaban J connectivity index is 1.74. The summed E-state index contributed by atoms with van der Waals surface area (Å²) < 4.78 is 11.9. The van der Waals surface area contributed by atoms with Crippen molar-refractivity contribution in [3.63, 3.8) is 0 Å². The van der Waals surface area contributed by atoms with Crippen LogP contribution < -0.4 is 16.0 Å². The van der Waals surface area contributed by atoms with Gasteiger partial charge in [0, 0.05) is 27.8 Å². The van der Waals surface area contributed by atoms with Crippen molar-refractivity contribution < 1.29 is 33.8 Å². The standard InChI is InChI=1S/C39H65N5O7/c1-11-25(4)33(43(8)37(48)32(24(2)3)42-38(49)39(7)20-16-21-40-39)30(50-9)23-31(45)44-22-15-19-29(44)35(51-10)26(5)36(47)41-27(6)34(46)28-17-13-12-14-18-28/h12-14,17-18,24-27,29-30,32-35,40,46H,11,15-16,19-23H2,1-10H3,(H,41,47)(H,42,49)/t25-,26+,27+,29-,30+,32-,33-,34?,35+,39-/m0/s1. The van der Waals surface area contributed by atoms with Gasteiger partial charge in [0.1, 0.15) is 6.04 Å². The van der Waals surface area contributed by atoms with Gasteiger partial charge in [-0.3, -0.25) is 19.2 Å². The zero-order chi connectivity index (χ0) is 38.0. The van der Waals surface area contributed by atoms with Crippen LogP contribution in [0.1, 0.15) is 98.7 Å². The van der Waals surface area contributed by atoms with Crippen LogP contribution >= 0.6 is 0 Å². The van der Waals surface area contributed by atoms with Gasteiger partial charge in [-0.05, 0) is 63.5 Å². The molecule has 2 heterocycles. The molecule has 2 saturated heterocycles. The number of likely N-dealkylation sites (N-methyl/N-ethyl adjacent to an activating group) is 1. The van der Waals surface area contributed by atoms with Crippen molar-refractivity contribution >= 4 is 23.6 Å². The Labute approximate surface area is 305 Å². The third-order valence-corrected chi connectivity index (χ3v) is 11.3. The average molecular weight is 716 g/mol. The second-order valence-electron chi connectivity index (χ2n) is 15.3. The summed E-state index contributed by atoms with van der Waals surface area (Å²) in [5.41, 5.74) is 0.000187. The van der Waals surface area contributed by atoms with Crippen LogP contribution in [0, 0.1) is 17.8 Å². The van der Waals surface area contributed by atoms with Crippen LogP contribution in [0.5, 0.6) is 0 Å². The van der Waals surface area contributed by atoms with Crippen LogP contribution in [-0.4, -0.2) is 115 Å². The maximum absolute atomic E-state index is 14.2. The number of aliphatic hydroxyl groups is 1. The minimum absolute atomic E-state index is 0.00715. The van der Waals surface area contributed by atoms with Crippen molar-refractivity contribution in [3.8, 4) is 0 Å². The van der Waals surface area contributed by atoms with E-state index < -0.39 is 47.9 Å². The van der Waals surface area contributed by atoms with Crippen LogP contribution in [0.15, 0.2) is 30.3 Å². The first kappa shape index (κ1) is 42.4. The summed E-state index contributed by atoms with van der Waals surface area (Å²) in [5, 5.41) is 20.1. The average Bonchev–Trinajstić information content (AvgIpc) is 3.80. The highest BCUT2D eigenvalue weighted by Gasteiger charge is 2.44. The highest BCUT2D eigenvalue weighted by atomic mass is 16.5. The van der Waals surface area contributed by atoms with Crippen molar-refractivity contribution in [2.45, 2.75) is 135 Å². The van der Waals surface area contributed by atoms with E-state index in [0.29, 0.717) is 24.9 Å². The number of hydrogen-bond donors (Lipinski definition) is 4. The molecule has 0 bridgehead atoms. The molecule has 1 aromatic rings. The van der Waals surface area contributed by atoms with Gasteiger partial charge in [0.25, 0.3) is 0 Å². The molecule has 2 fully saturated rings. The number of carbonyl (C=O) groups excluding carboxylic acids is 4. The number of ether oxygens (including phenoxy) is 2. The zero-order valence-corrected chi connectivity index (χ0v) is 32.6. The minimum Gasteiger partial charge on any atom is -0.386 e. The van der Waals surface area contributed by atoms with Crippen molar-refractivity contribution in [2.75, 3.05) is 34.4 Å². The van der Waals surface area contributed by atoms with E-state index in [9.17, 15) is 24.3 Å². The maximum Gasteiger partial charge on any atom is 0.245 e. The molecule has 10 atom stereocenters. The largest absolute Gasteiger partial charge is 0.386 e. The van der Waals surface area contributed by atoms with Crippen LogP contribution in [0.2, 0.25) is 0 Å². The molecular weight excluding hydrogens is 650 g/mol. The van der Waals surface area contributed by atoms with E-state index in [-0.39, 0.29) is 47.9 Å². The molecule has 288 valence electrons. The van der Waals surface area contributed by atoms with E-state index in [2.05, 4.69) is 16.0 Å². The van der Waals surface area contributed by atoms with Crippen LogP contribution in [0.25, 0.3) is 0 Å². The van der Waals surface area contributed by atoms with E-state index in [0.717, 1.165) is 25.8 Å². The molecule has 2 aliphatic heterocycles. The predicted molar refractivity (Wildman–Crippen MR) is 198 cm³/mol. The molecular formula is C39H65N5O7. The Morgan fingerprint density at radius 2 is 1.71 bits per heavy atom. The number of methoxy groups -OCH3 is 2. The van der Waals surface area contributed by atoms with E-state index in [1.165, 1.54) is 0 Å². The monoisotopic (exact) mass is 715 g/mol. The summed E-state index contributed by atoms with van der Waals surface area (Å²) in [6, 6.07) is 7.15. The Bertz CT molecular complexity index is 1290. The summed E-state index contributed by atoms with van der Waals surface area (Å²) in [4.78, 5) is 58.5. The summed E-state index contributed by atoms with van der Waals surface area (Å²) in [6.45, 7) is 14.6. The summed E-state index contributed by atoms with van der Waals surface area (Å²) >= 11 is 0. The molecule has 4 amide bonds. The molecule has 0 aliphatic carbocycles.